The number of hydrogen-bond donors (Lipinski definition) is 1. The van der Waals surface area contributed by atoms with E-state index in [1.807, 2.05) is 18.7 Å². The van der Waals surface area contributed by atoms with E-state index in [2.05, 4.69) is 4.98 Å². The van der Waals surface area contributed by atoms with Crippen molar-refractivity contribution in [2.75, 3.05) is 18.1 Å². The van der Waals surface area contributed by atoms with E-state index in [1.54, 1.807) is 0 Å². The van der Waals surface area contributed by atoms with E-state index in [-0.39, 0.29) is 6.61 Å². The summed E-state index contributed by atoms with van der Waals surface area (Å²) in [7, 11) is 0. The third-order valence-electron chi connectivity index (χ3n) is 3.03. The Kier molecular flexibility index (Phi) is 4.29. The molecule has 2 heterocycles. The number of rotatable bonds is 4. The second kappa shape index (κ2) is 5.73. The maximum absolute atomic E-state index is 8.78. The Morgan fingerprint density at radius 1 is 1.44 bits per heavy atom. The highest BCUT2D eigenvalue weighted by molar-refractivity contribution is 7.99. The Morgan fingerprint density at radius 3 is 2.88 bits per heavy atom. The van der Waals surface area contributed by atoms with Gasteiger partial charge in [0.05, 0.1) is 5.69 Å². The maximum atomic E-state index is 8.78. The van der Waals surface area contributed by atoms with Gasteiger partial charge in [-0.15, -0.1) is 0 Å². The number of aryl methyl sites for hydroxylation is 2. The number of thioether (sulfide) groups is 1. The lowest BCUT2D eigenvalue weighted by atomic mass is 9.98. The number of aliphatic hydroxyl groups excluding tert-OH is 1. The third-order valence-corrected chi connectivity index (χ3v) is 4.08. The second-order valence-electron chi connectivity index (χ2n) is 4.26. The zero-order valence-electron chi connectivity index (χ0n) is 9.74. The summed E-state index contributed by atoms with van der Waals surface area (Å²) >= 11 is 2.03. The van der Waals surface area contributed by atoms with E-state index in [4.69, 9.17) is 9.52 Å². The molecule has 16 heavy (non-hydrogen) atoms. The van der Waals surface area contributed by atoms with Crippen LogP contribution in [0.3, 0.4) is 0 Å². The number of aromatic nitrogens is 1. The molecule has 1 aliphatic rings. The van der Waals surface area contributed by atoms with Crippen LogP contribution in [-0.2, 0) is 6.42 Å². The van der Waals surface area contributed by atoms with E-state index >= 15 is 0 Å². The molecule has 0 unspecified atom stereocenters. The van der Waals surface area contributed by atoms with Crippen LogP contribution in [0, 0.1) is 6.92 Å². The van der Waals surface area contributed by atoms with Crippen LogP contribution in [0.1, 0.15) is 42.5 Å². The highest BCUT2D eigenvalue weighted by Gasteiger charge is 2.22. The zero-order valence-corrected chi connectivity index (χ0v) is 10.6. The lowest BCUT2D eigenvalue weighted by molar-refractivity contribution is 0.282. The van der Waals surface area contributed by atoms with E-state index in [0.29, 0.717) is 5.92 Å². The molecule has 0 spiro atoms. The summed E-state index contributed by atoms with van der Waals surface area (Å²) in [5, 5.41) is 8.78. The Labute approximate surface area is 101 Å². The van der Waals surface area contributed by atoms with Gasteiger partial charge in [-0.05, 0) is 37.7 Å². The molecule has 2 rings (SSSR count). The standard InChI is InChI=1S/C12H19NO2S/c1-9-12(10-4-7-16-8-5-10)13-11(15-9)3-2-6-14/h10,14H,2-8H2,1H3. The average molecular weight is 241 g/mol. The second-order valence-corrected chi connectivity index (χ2v) is 5.49. The quantitative estimate of drug-likeness (QED) is 0.880. The van der Waals surface area contributed by atoms with Crippen molar-refractivity contribution in [1.82, 2.24) is 4.98 Å². The van der Waals surface area contributed by atoms with Gasteiger partial charge in [-0.1, -0.05) is 0 Å². The van der Waals surface area contributed by atoms with Crippen LogP contribution < -0.4 is 0 Å². The van der Waals surface area contributed by atoms with E-state index < -0.39 is 0 Å². The highest BCUT2D eigenvalue weighted by atomic mass is 32.2. The summed E-state index contributed by atoms with van der Waals surface area (Å²) < 4.78 is 5.64. The van der Waals surface area contributed by atoms with Crippen molar-refractivity contribution in [2.24, 2.45) is 0 Å². The van der Waals surface area contributed by atoms with Gasteiger partial charge in [0.1, 0.15) is 5.76 Å². The van der Waals surface area contributed by atoms with Crippen LogP contribution >= 0.6 is 11.8 Å². The molecule has 1 fully saturated rings. The minimum Gasteiger partial charge on any atom is -0.446 e. The van der Waals surface area contributed by atoms with Crippen molar-refractivity contribution in [3.05, 3.63) is 17.3 Å². The van der Waals surface area contributed by atoms with Gasteiger partial charge in [-0.2, -0.15) is 11.8 Å². The first-order valence-corrected chi connectivity index (χ1v) is 7.11. The molecule has 0 aromatic carbocycles. The lowest BCUT2D eigenvalue weighted by Crippen LogP contribution is -2.09. The Bertz CT molecular complexity index is 332. The van der Waals surface area contributed by atoms with Gasteiger partial charge in [-0.3, -0.25) is 0 Å². The molecule has 0 saturated carbocycles. The van der Waals surface area contributed by atoms with E-state index in [1.165, 1.54) is 24.3 Å². The fourth-order valence-corrected chi connectivity index (χ4v) is 3.26. The van der Waals surface area contributed by atoms with Gasteiger partial charge >= 0.3 is 0 Å². The molecule has 1 N–H and O–H groups in total. The molecule has 0 bridgehead atoms. The minimum absolute atomic E-state index is 0.205. The molecule has 0 radical (unpaired) electrons. The Morgan fingerprint density at radius 2 is 2.19 bits per heavy atom. The SMILES string of the molecule is Cc1oc(CCCO)nc1C1CCSCC1. The van der Waals surface area contributed by atoms with Crippen LogP contribution in [0.5, 0.6) is 0 Å². The molecule has 1 saturated heterocycles. The van der Waals surface area contributed by atoms with Crippen LogP contribution in [-0.4, -0.2) is 28.2 Å². The predicted molar refractivity (Wildman–Crippen MR) is 65.9 cm³/mol. The average Bonchev–Trinajstić information content (AvgIpc) is 2.69. The van der Waals surface area contributed by atoms with Crippen LogP contribution in [0.15, 0.2) is 4.42 Å². The number of aliphatic hydroxyl groups is 1. The fraction of sp³-hybridized carbons (Fsp3) is 0.750. The summed E-state index contributed by atoms with van der Waals surface area (Å²) in [5.74, 6) is 4.84. The predicted octanol–water partition coefficient (Wildman–Crippen LogP) is 2.52. The smallest absolute Gasteiger partial charge is 0.194 e. The number of oxazole rings is 1. The molecule has 0 aliphatic carbocycles. The molecule has 1 aliphatic heterocycles. The molecule has 4 heteroatoms. The lowest BCUT2D eigenvalue weighted by Gasteiger charge is -2.19. The normalized spacial score (nSPS) is 17.9. The molecule has 1 aromatic rings. The molecular weight excluding hydrogens is 222 g/mol. The van der Waals surface area contributed by atoms with Crippen LogP contribution in [0.25, 0.3) is 0 Å². The van der Waals surface area contributed by atoms with Crippen molar-refractivity contribution in [3.63, 3.8) is 0 Å². The first kappa shape index (κ1) is 12.0. The topological polar surface area (TPSA) is 46.3 Å². The van der Waals surface area contributed by atoms with E-state index in [0.717, 1.165) is 30.2 Å². The van der Waals surface area contributed by atoms with Crippen molar-refractivity contribution in [2.45, 2.75) is 38.5 Å². The Hall–Kier alpha value is -0.480. The minimum atomic E-state index is 0.205. The molecule has 1 aromatic heterocycles. The summed E-state index contributed by atoms with van der Waals surface area (Å²) in [6.45, 7) is 2.21. The van der Waals surface area contributed by atoms with Crippen molar-refractivity contribution >= 4 is 11.8 Å². The molecular formula is C12H19NO2S. The monoisotopic (exact) mass is 241 g/mol. The molecule has 0 amide bonds. The van der Waals surface area contributed by atoms with Crippen molar-refractivity contribution < 1.29 is 9.52 Å². The third kappa shape index (κ3) is 2.80. The number of nitrogens with zero attached hydrogens (tertiary/aromatic N) is 1. The van der Waals surface area contributed by atoms with Gasteiger partial charge in [0, 0.05) is 18.9 Å². The summed E-state index contributed by atoms with van der Waals surface area (Å²) in [4.78, 5) is 4.58. The van der Waals surface area contributed by atoms with Crippen molar-refractivity contribution in [3.8, 4) is 0 Å². The Balaban J connectivity index is 2.04. The summed E-state index contributed by atoms with van der Waals surface area (Å²) in [6, 6.07) is 0. The first-order valence-electron chi connectivity index (χ1n) is 5.96. The largest absolute Gasteiger partial charge is 0.446 e. The molecule has 90 valence electrons. The van der Waals surface area contributed by atoms with Crippen LogP contribution in [0.4, 0.5) is 0 Å². The maximum Gasteiger partial charge on any atom is 0.194 e. The van der Waals surface area contributed by atoms with Gasteiger partial charge in [0.2, 0.25) is 0 Å². The molecule has 0 atom stereocenters. The molecule has 3 nitrogen and oxygen atoms in total. The fourth-order valence-electron chi connectivity index (χ4n) is 2.15. The highest BCUT2D eigenvalue weighted by Crippen LogP contribution is 2.32. The van der Waals surface area contributed by atoms with Gasteiger partial charge in [0.25, 0.3) is 0 Å². The van der Waals surface area contributed by atoms with Gasteiger partial charge in [0.15, 0.2) is 5.89 Å². The van der Waals surface area contributed by atoms with E-state index in [9.17, 15) is 0 Å². The van der Waals surface area contributed by atoms with Crippen molar-refractivity contribution in [1.29, 1.82) is 0 Å². The van der Waals surface area contributed by atoms with Gasteiger partial charge in [-0.25, -0.2) is 4.98 Å². The first-order chi connectivity index (χ1) is 7.81. The zero-order chi connectivity index (χ0) is 11.4. The van der Waals surface area contributed by atoms with Crippen LogP contribution in [0.2, 0.25) is 0 Å². The van der Waals surface area contributed by atoms with Gasteiger partial charge < -0.3 is 9.52 Å². The summed E-state index contributed by atoms with van der Waals surface area (Å²) in [6.07, 6.45) is 3.92. The summed E-state index contributed by atoms with van der Waals surface area (Å²) in [5.41, 5.74) is 1.16. The number of hydrogen-bond acceptors (Lipinski definition) is 4.